The summed E-state index contributed by atoms with van der Waals surface area (Å²) in [5.41, 5.74) is 4.44. The lowest BCUT2D eigenvalue weighted by Gasteiger charge is -2.18. The number of fused-ring (bicyclic) bond motifs is 1. The Morgan fingerprint density at radius 3 is 2.45 bits per heavy atom. The SMILES string of the molecule is CCOc1cccn2cc(-c3ccc(C(C)(C)C)cc3)nc12. The van der Waals surface area contributed by atoms with Crippen molar-refractivity contribution in [2.24, 2.45) is 0 Å². The number of ether oxygens (including phenoxy) is 1. The molecule has 114 valence electrons. The molecule has 2 aromatic heterocycles. The van der Waals surface area contributed by atoms with Gasteiger partial charge in [-0.2, -0.15) is 0 Å². The number of pyridine rings is 1. The average Bonchev–Trinajstić information content (AvgIpc) is 2.92. The summed E-state index contributed by atoms with van der Waals surface area (Å²) in [7, 11) is 0. The van der Waals surface area contributed by atoms with Crippen LogP contribution in [0.1, 0.15) is 33.3 Å². The Labute approximate surface area is 131 Å². The fraction of sp³-hybridized carbons (Fsp3) is 0.316. The Balaban J connectivity index is 2.01. The van der Waals surface area contributed by atoms with Gasteiger partial charge in [0.05, 0.1) is 12.3 Å². The zero-order chi connectivity index (χ0) is 15.7. The Morgan fingerprint density at radius 1 is 1.09 bits per heavy atom. The lowest BCUT2D eigenvalue weighted by atomic mass is 9.86. The molecule has 3 rings (SSSR count). The Morgan fingerprint density at radius 2 is 1.82 bits per heavy atom. The summed E-state index contributed by atoms with van der Waals surface area (Å²) in [4.78, 5) is 4.73. The van der Waals surface area contributed by atoms with Crippen molar-refractivity contribution >= 4 is 5.65 Å². The van der Waals surface area contributed by atoms with Gasteiger partial charge in [0.1, 0.15) is 0 Å². The van der Waals surface area contributed by atoms with Crippen LogP contribution in [0.5, 0.6) is 5.75 Å². The number of hydrogen-bond acceptors (Lipinski definition) is 2. The van der Waals surface area contributed by atoms with E-state index in [4.69, 9.17) is 9.72 Å². The highest BCUT2D eigenvalue weighted by Crippen LogP contribution is 2.27. The summed E-state index contributed by atoms with van der Waals surface area (Å²) in [5, 5.41) is 0. The van der Waals surface area contributed by atoms with Crippen LogP contribution >= 0.6 is 0 Å². The van der Waals surface area contributed by atoms with Crippen molar-refractivity contribution in [1.82, 2.24) is 9.38 Å². The molecule has 22 heavy (non-hydrogen) atoms. The highest BCUT2D eigenvalue weighted by molar-refractivity contribution is 5.66. The van der Waals surface area contributed by atoms with Gasteiger partial charge in [-0.3, -0.25) is 0 Å². The molecule has 0 saturated carbocycles. The third-order valence-corrected chi connectivity index (χ3v) is 3.79. The zero-order valence-electron chi connectivity index (χ0n) is 13.6. The molecule has 0 amide bonds. The van der Waals surface area contributed by atoms with Crippen LogP contribution in [0.4, 0.5) is 0 Å². The third kappa shape index (κ3) is 2.71. The summed E-state index contributed by atoms with van der Waals surface area (Å²) in [5.74, 6) is 0.822. The van der Waals surface area contributed by atoms with Gasteiger partial charge in [0.15, 0.2) is 11.4 Å². The number of benzene rings is 1. The lowest BCUT2D eigenvalue weighted by Crippen LogP contribution is -2.10. The molecule has 0 unspecified atom stereocenters. The quantitative estimate of drug-likeness (QED) is 0.700. The molecular formula is C19H22N2O. The van der Waals surface area contributed by atoms with E-state index >= 15 is 0 Å². The second kappa shape index (κ2) is 5.48. The van der Waals surface area contributed by atoms with Crippen molar-refractivity contribution < 1.29 is 4.74 Å². The van der Waals surface area contributed by atoms with E-state index in [9.17, 15) is 0 Å². The second-order valence-corrected chi connectivity index (χ2v) is 6.49. The third-order valence-electron chi connectivity index (χ3n) is 3.79. The molecule has 0 aliphatic carbocycles. The molecule has 3 aromatic rings. The van der Waals surface area contributed by atoms with Crippen LogP contribution < -0.4 is 4.74 Å². The Hall–Kier alpha value is -2.29. The number of hydrogen-bond donors (Lipinski definition) is 0. The van der Waals surface area contributed by atoms with Crippen LogP contribution in [-0.2, 0) is 5.41 Å². The summed E-state index contributed by atoms with van der Waals surface area (Å²) in [6, 6.07) is 12.6. The molecule has 0 saturated heterocycles. The van der Waals surface area contributed by atoms with Gasteiger partial charge in [-0.05, 0) is 30.0 Å². The fourth-order valence-electron chi connectivity index (χ4n) is 2.54. The first-order valence-electron chi connectivity index (χ1n) is 7.70. The van der Waals surface area contributed by atoms with E-state index in [1.54, 1.807) is 0 Å². The van der Waals surface area contributed by atoms with E-state index in [1.807, 2.05) is 35.9 Å². The summed E-state index contributed by atoms with van der Waals surface area (Å²) >= 11 is 0. The minimum absolute atomic E-state index is 0.166. The van der Waals surface area contributed by atoms with Crippen molar-refractivity contribution in [3.05, 3.63) is 54.4 Å². The van der Waals surface area contributed by atoms with E-state index in [0.29, 0.717) is 6.61 Å². The van der Waals surface area contributed by atoms with Crippen LogP contribution in [-0.4, -0.2) is 16.0 Å². The molecular weight excluding hydrogens is 272 g/mol. The van der Waals surface area contributed by atoms with Crippen molar-refractivity contribution in [2.75, 3.05) is 6.61 Å². The highest BCUT2D eigenvalue weighted by Gasteiger charge is 2.14. The van der Waals surface area contributed by atoms with E-state index < -0.39 is 0 Å². The van der Waals surface area contributed by atoms with Crippen LogP contribution in [0, 0.1) is 0 Å². The molecule has 0 aliphatic rings. The van der Waals surface area contributed by atoms with Crippen LogP contribution in [0.3, 0.4) is 0 Å². The van der Waals surface area contributed by atoms with Gasteiger partial charge in [0.2, 0.25) is 0 Å². The van der Waals surface area contributed by atoms with E-state index in [1.165, 1.54) is 5.56 Å². The average molecular weight is 294 g/mol. The maximum absolute atomic E-state index is 5.65. The highest BCUT2D eigenvalue weighted by atomic mass is 16.5. The van der Waals surface area contributed by atoms with Crippen LogP contribution in [0.15, 0.2) is 48.8 Å². The van der Waals surface area contributed by atoms with E-state index in [-0.39, 0.29) is 5.41 Å². The molecule has 0 bridgehead atoms. The van der Waals surface area contributed by atoms with Crippen molar-refractivity contribution in [3.63, 3.8) is 0 Å². The van der Waals surface area contributed by atoms with Crippen molar-refractivity contribution in [2.45, 2.75) is 33.1 Å². The molecule has 0 aliphatic heterocycles. The first-order chi connectivity index (χ1) is 10.5. The molecule has 0 spiro atoms. The fourth-order valence-corrected chi connectivity index (χ4v) is 2.54. The largest absolute Gasteiger partial charge is 0.490 e. The maximum atomic E-state index is 5.65. The molecule has 0 atom stereocenters. The summed E-state index contributed by atoms with van der Waals surface area (Å²) < 4.78 is 7.66. The Bertz CT molecular complexity index is 779. The van der Waals surface area contributed by atoms with E-state index in [2.05, 4.69) is 45.0 Å². The normalized spacial score (nSPS) is 11.8. The van der Waals surface area contributed by atoms with Gasteiger partial charge in [0, 0.05) is 18.0 Å². The van der Waals surface area contributed by atoms with E-state index in [0.717, 1.165) is 22.7 Å². The van der Waals surface area contributed by atoms with Crippen LogP contribution in [0.2, 0.25) is 0 Å². The van der Waals surface area contributed by atoms with Gasteiger partial charge in [0.25, 0.3) is 0 Å². The summed E-state index contributed by atoms with van der Waals surface area (Å²) in [6.45, 7) is 9.30. The predicted molar refractivity (Wildman–Crippen MR) is 90.5 cm³/mol. The molecule has 0 fully saturated rings. The Kier molecular flexibility index (Phi) is 3.65. The standard InChI is InChI=1S/C19H22N2O/c1-5-22-17-7-6-12-21-13-16(20-18(17)21)14-8-10-15(11-9-14)19(2,3)4/h6-13H,5H2,1-4H3. The predicted octanol–water partition coefficient (Wildman–Crippen LogP) is 4.70. The smallest absolute Gasteiger partial charge is 0.180 e. The van der Waals surface area contributed by atoms with Crippen molar-refractivity contribution in [3.8, 4) is 17.0 Å². The number of rotatable bonds is 3. The molecule has 1 aromatic carbocycles. The minimum Gasteiger partial charge on any atom is -0.490 e. The summed E-state index contributed by atoms with van der Waals surface area (Å²) in [6.07, 6.45) is 4.04. The lowest BCUT2D eigenvalue weighted by molar-refractivity contribution is 0.342. The zero-order valence-corrected chi connectivity index (χ0v) is 13.6. The van der Waals surface area contributed by atoms with Gasteiger partial charge < -0.3 is 9.14 Å². The van der Waals surface area contributed by atoms with Gasteiger partial charge in [-0.1, -0.05) is 45.0 Å². The minimum atomic E-state index is 0.166. The molecule has 0 radical (unpaired) electrons. The monoisotopic (exact) mass is 294 g/mol. The number of aromatic nitrogens is 2. The number of nitrogens with zero attached hydrogens (tertiary/aromatic N) is 2. The van der Waals surface area contributed by atoms with Gasteiger partial charge in [-0.25, -0.2) is 4.98 Å². The molecule has 0 N–H and O–H groups in total. The topological polar surface area (TPSA) is 26.5 Å². The maximum Gasteiger partial charge on any atom is 0.180 e. The number of imidazole rings is 1. The van der Waals surface area contributed by atoms with Gasteiger partial charge in [-0.15, -0.1) is 0 Å². The molecule has 3 heteroatoms. The van der Waals surface area contributed by atoms with Gasteiger partial charge >= 0.3 is 0 Å². The molecule has 3 nitrogen and oxygen atoms in total. The van der Waals surface area contributed by atoms with Crippen LogP contribution in [0.25, 0.3) is 16.9 Å². The first kappa shape index (κ1) is 14.6. The second-order valence-electron chi connectivity index (χ2n) is 6.49. The van der Waals surface area contributed by atoms with Crippen molar-refractivity contribution in [1.29, 1.82) is 0 Å². The molecule has 2 heterocycles. The first-order valence-corrected chi connectivity index (χ1v) is 7.70.